The van der Waals surface area contributed by atoms with Crippen LogP contribution in [0, 0.1) is 5.92 Å². The third kappa shape index (κ3) is 3.81. The van der Waals surface area contributed by atoms with Gasteiger partial charge < -0.3 is 10.2 Å². The van der Waals surface area contributed by atoms with Gasteiger partial charge in [0.15, 0.2) is 0 Å². The molecule has 2 unspecified atom stereocenters. The SMILES string of the molecule is O=C(O)c1ccccc1S(=O)(=O)NCC1CCCCC1O. The average molecular weight is 313 g/mol. The predicted octanol–water partition coefficient (Wildman–Crippen LogP) is 1.21. The smallest absolute Gasteiger partial charge is 0.337 e. The Morgan fingerprint density at radius 2 is 1.90 bits per heavy atom. The maximum atomic E-state index is 12.3. The standard InChI is InChI=1S/C14H19NO5S/c16-12-7-3-1-5-10(12)9-15-21(19,20)13-8-4-2-6-11(13)14(17)18/h2,4,6,8,10,12,15-16H,1,3,5,7,9H2,(H,17,18). The van der Waals surface area contributed by atoms with Crippen molar-refractivity contribution < 1.29 is 23.4 Å². The number of hydrogen-bond donors (Lipinski definition) is 3. The molecule has 0 saturated heterocycles. The minimum Gasteiger partial charge on any atom is -0.478 e. The zero-order valence-corrected chi connectivity index (χ0v) is 12.3. The number of benzene rings is 1. The van der Waals surface area contributed by atoms with Gasteiger partial charge in [-0.2, -0.15) is 0 Å². The number of aliphatic hydroxyl groups is 1. The van der Waals surface area contributed by atoms with Crippen molar-refractivity contribution in [2.24, 2.45) is 5.92 Å². The Kier molecular flexibility index (Phi) is 4.97. The molecule has 0 bridgehead atoms. The first-order chi connectivity index (χ1) is 9.92. The number of aromatic carboxylic acids is 1. The van der Waals surface area contributed by atoms with Crippen LogP contribution in [0.1, 0.15) is 36.0 Å². The average Bonchev–Trinajstić information content (AvgIpc) is 2.46. The van der Waals surface area contributed by atoms with E-state index in [-0.39, 0.29) is 22.9 Å². The van der Waals surface area contributed by atoms with Gasteiger partial charge in [0.25, 0.3) is 0 Å². The van der Waals surface area contributed by atoms with E-state index in [0.717, 1.165) is 19.3 Å². The molecule has 6 nitrogen and oxygen atoms in total. The lowest BCUT2D eigenvalue weighted by molar-refractivity contribution is 0.0690. The van der Waals surface area contributed by atoms with Crippen LogP contribution in [0.2, 0.25) is 0 Å². The van der Waals surface area contributed by atoms with Crippen molar-refractivity contribution in [3.8, 4) is 0 Å². The molecule has 1 fully saturated rings. The second-order valence-corrected chi connectivity index (χ2v) is 7.00. The van der Waals surface area contributed by atoms with Gasteiger partial charge in [-0.05, 0) is 30.9 Å². The Morgan fingerprint density at radius 1 is 1.24 bits per heavy atom. The number of carboxylic acids is 1. The van der Waals surface area contributed by atoms with Crippen molar-refractivity contribution >= 4 is 16.0 Å². The lowest BCUT2D eigenvalue weighted by Gasteiger charge is -2.27. The van der Waals surface area contributed by atoms with Gasteiger partial charge in [-0.3, -0.25) is 0 Å². The molecule has 0 aromatic heterocycles. The lowest BCUT2D eigenvalue weighted by Crippen LogP contribution is -2.37. The molecule has 0 heterocycles. The fraction of sp³-hybridized carbons (Fsp3) is 0.500. The van der Waals surface area contributed by atoms with Gasteiger partial charge in [0, 0.05) is 6.54 Å². The van der Waals surface area contributed by atoms with Crippen molar-refractivity contribution in [3.63, 3.8) is 0 Å². The minimum atomic E-state index is -3.90. The number of sulfonamides is 1. The molecular weight excluding hydrogens is 294 g/mol. The van der Waals surface area contributed by atoms with E-state index < -0.39 is 22.1 Å². The maximum Gasteiger partial charge on any atom is 0.337 e. The van der Waals surface area contributed by atoms with E-state index >= 15 is 0 Å². The topological polar surface area (TPSA) is 104 Å². The number of carbonyl (C=O) groups is 1. The molecule has 2 atom stereocenters. The fourth-order valence-corrected chi connectivity index (χ4v) is 3.89. The van der Waals surface area contributed by atoms with Gasteiger partial charge in [0.1, 0.15) is 0 Å². The molecule has 1 aliphatic rings. The van der Waals surface area contributed by atoms with E-state index in [9.17, 15) is 18.3 Å². The summed E-state index contributed by atoms with van der Waals surface area (Å²) in [5.74, 6) is -1.40. The number of rotatable bonds is 5. The first-order valence-electron chi connectivity index (χ1n) is 6.92. The van der Waals surface area contributed by atoms with Crippen molar-refractivity contribution in [1.29, 1.82) is 0 Å². The van der Waals surface area contributed by atoms with Crippen LogP contribution in [0.25, 0.3) is 0 Å². The molecule has 1 aromatic carbocycles. The largest absolute Gasteiger partial charge is 0.478 e. The summed E-state index contributed by atoms with van der Waals surface area (Å²) in [7, 11) is -3.90. The van der Waals surface area contributed by atoms with Crippen molar-refractivity contribution in [1.82, 2.24) is 4.72 Å². The summed E-state index contributed by atoms with van der Waals surface area (Å²) in [4.78, 5) is 10.8. The summed E-state index contributed by atoms with van der Waals surface area (Å²) < 4.78 is 26.9. The molecule has 1 saturated carbocycles. The van der Waals surface area contributed by atoms with E-state index in [1.54, 1.807) is 0 Å². The zero-order chi connectivity index (χ0) is 15.5. The van der Waals surface area contributed by atoms with Crippen molar-refractivity contribution in [2.45, 2.75) is 36.7 Å². The Hall–Kier alpha value is -1.44. The van der Waals surface area contributed by atoms with E-state index in [4.69, 9.17) is 5.11 Å². The van der Waals surface area contributed by atoms with Crippen LogP contribution in [0.5, 0.6) is 0 Å². The fourth-order valence-electron chi connectivity index (χ4n) is 2.60. The van der Waals surface area contributed by atoms with Crippen molar-refractivity contribution in [2.75, 3.05) is 6.54 Å². The van der Waals surface area contributed by atoms with Gasteiger partial charge in [-0.1, -0.05) is 25.0 Å². The first-order valence-corrected chi connectivity index (χ1v) is 8.40. The predicted molar refractivity (Wildman–Crippen MR) is 76.6 cm³/mol. The third-order valence-electron chi connectivity index (χ3n) is 3.81. The van der Waals surface area contributed by atoms with Crippen LogP contribution in [-0.2, 0) is 10.0 Å². The highest BCUT2D eigenvalue weighted by Crippen LogP contribution is 2.24. The highest BCUT2D eigenvalue weighted by molar-refractivity contribution is 7.89. The number of carboxylic acid groups (broad SMARTS) is 1. The Morgan fingerprint density at radius 3 is 2.57 bits per heavy atom. The monoisotopic (exact) mass is 313 g/mol. The van der Waals surface area contributed by atoms with Gasteiger partial charge >= 0.3 is 5.97 Å². The minimum absolute atomic E-state index is 0.120. The molecule has 21 heavy (non-hydrogen) atoms. The van der Waals surface area contributed by atoms with Crippen LogP contribution in [0.15, 0.2) is 29.2 Å². The zero-order valence-electron chi connectivity index (χ0n) is 11.5. The molecule has 0 amide bonds. The molecule has 0 aliphatic heterocycles. The highest BCUT2D eigenvalue weighted by atomic mass is 32.2. The second kappa shape index (κ2) is 6.55. The molecular formula is C14H19NO5S. The normalized spacial score (nSPS) is 22.9. The van der Waals surface area contributed by atoms with Crippen LogP contribution in [-0.4, -0.2) is 37.2 Å². The quantitative estimate of drug-likeness (QED) is 0.758. The highest BCUT2D eigenvalue weighted by Gasteiger charge is 2.27. The third-order valence-corrected chi connectivity index (χ3v) is 5.29. The summed E-state index contributed by atoms with van der Waals surface area (Å²) in [5.41, 5.74) is -0.255. The summed E-state index contributed by atoms with van der Waals surface area (Å²) >= 11 is 0. The van der Waals surface area contributed by atoms with Gasteiger partial charge in [0.05, 0.1) is 16.6 Å². The maximum absolute atomic E-state index is 12.3. The molecule has 0 spiro atoms. The van der Waals surface area contributed by atoms with Crippen LogP contribution in [0.4, 0.5) is 0 Å². The van der Waals surface area contributed by atoms with Gasteiger partial charge in [-0.15, -0.1) is 0 Å². The van der Waals surface area contributed by atoms with Crippen LogP contribution >= 0.6 is 0 Å². The summed E-state index contributed by atoms with van der Waals surface area (Å²) in [6.07, 6.45) is 2.86. The Bertz CT molecular complexity index is 614. The molecule has 3 N–H and O–H groups in total. The molecule has 0 radical (unpaired) electrons. The van der Waals surface area contributed by atoms with E-state index in [1.807, 2.05) is 0 Å². The molecule has 1 aliphatic carbocycles. The van der Waals surface area contributed by atoms with Crippen molar-refractivity contribution in [3.05, 3.63) is 29.8 Å². The Balaban J connectivity index is 2.13. The summed E-state index contributed by atoms with van der Waals surface area (Å²) in [6, 6.07) is 5.49. The first kappa shape index (κ1) is 15.9. The molecule has 1 aromatic rings. The van der Waals surface area contributed by atoms with Crippen LogP contribution < -0.4 is 4.72 Å². The Labute approximate surface area is 123 Å². The number of aliphatic hydroxyl groups excluding tert-OH is 1. The number of hydrogen-bond acceptors (Lipinski definition) is 4. The molecule has 116 valence electrons. The van der Waals surface area contributed by atoms with Gasteiger partial charge in [0.2, 0.25) is 10.0 Å². The molecule has 7 heteroatoms. The van der Waals surface area contributed by atoms with Crippen LogP contribution in [0.3, 0.4) is 0 Å². The summed E-state index contributed by atoms with van der Waals surface area (Å²) in [5, 5.41) is 18.9. The second-order valence-electron chi connectivity index (χ2n) is 5.27. The van der Waals surface area contributed by atoms with Gasteiger partial charge in [-0.25, -0.2) is 17.9 Å². The lowest BCUT2D eigenvalue weighted by atomic mass is 9.87. The van der Waals surface area contributed by atoms with E-state index in [1.165, 1.54) is 24.3 Å². The number of nitrogens with one attached hydrogen (secondary N) is 1. The summed E-state index contributed by atoms with van der Waals surface area (Å²) in [6.45, 7) is 0.122. The van der Waals surface area contributed by atoms with E-state index in [0.29, 0.717) is 6.42 Å². The van der Waals surface area contributed by atoms with E-state index in [2.05, 4.69) is 4.72 Å². The molecule has 2 rings (SSSR count).